The number of pyridine rings is 2. The Morgan fingerprint density at radius 2 is 1.90 bits per heavy atom. The lowest BCUT2D eigenvalue weighted by Gasteiger charge is -2.17. The van der Waals surface area contributed by atoms with Gasteiger partial charge >= 0.3 is 0 Å². The third-order valence-electron chi connectivity index (χ3n) is 4.21. The highest BCUT2D eigenvalue weighted by molar-refractivity contribution is 7.91. The van der Waals surface area contributed by atoms with Crippen LogP contribution in [0.3, 0.4) is 0 Å². The van der Waals surface area contributed by atoms with Crippen molar-refractivity contribution in [1.29, 1.82) is 0 Å². The molecule has 0 aliphatic rings. The maximum Gasteiger partial charge on any atom is 0.192 e. The summed E-state index contributed by atoms with van der Waals surface area (Å²) in [5.74, 6) is -0.400. The Morgan fingerprint density at radius 3 is 2.57 bits per heavy atom. The lowest BCUT2D eigenvalue weighted by molar-refractivity contribution is 0.561. The smallest absolute Gasteiger partial charge is 0.192 e. The van der Waals surface area contributed by atoms with E-state index in [1.807, 2.05) is 20.8 Å². The molecule has 0 radical (unpaired) electrons. The molecule has 0 fully saturated rings. The van der Waals surface area contributed by atoms with Gasteiger partial charge in [0.25, 0.3) is 0 Å². The molecule has 30 heavy (non-hydrogen) atoms. The first kappa shape index (κ1) is 22.3. The van der Waals surface area contributed by atoms with Crippen LogP contribution in [0.2, 0.25) is 0 Å². The van der Waals surface area contributed by atoms with Crippen LogP contribution < -0.4 is 0 Å². The van der Waals surface area contributed by atoms with E-state index in [4.69, 9.17) is 0 Å². The highest BCUT2D eigenvalue weighted by Crippen LogP contribution is 2.27. The first-order valence-corrected chi connectivity index (χ1v) is 12.2. The summed E-state index contributed by atoms with van der Waals surface area (Å²) in [6, 6.07) is 10.7. The Morgan fingerprint density at radius 1 is 1.17 bits per heavy atom. The molecular formula is C21H22FN3O3S2. The fourth-order valence-electron chi connectivity index (χ4n) is 2.69. The van der Waals surface area contributed by atoms with Crippen molar-refractivity contribution >= 4 is 38.3 Å². The summed E-state index contributed by atoms with van der Waals surface area (Å²) >= 11 is -1.41. The molecule has 9 heteroatoms. The van der Waals surface area contributed by atoms with E-state index in [2.05, 4.69) is 14.4 Å². The third kappa shape index (κ3) is 5.21. The van der Waals surface area contributed by atoms with E-state index in [0.717, 1.165) is 6.26 Å². The van der Waals surface area contributed by atoms with Gasteiger partial charge in [-0.3, -0.25) is 4.98 Å². The zero-order valence-electron chi connectivity index (χ0n) is 17.1. The summed E-state index contributed by atoms with van der Waals surface area (Å²) in [5.41, 5.74) is 2.12. The fourth-order valence-corrected chi connectivity index (χ4v) is 3.80. The van der Waals surface area contributed by atoms with Gasteiger partial charge in [-0.05, 0) is 57.2 Å². The first-order chi connectivity index (χ1) is 13.9. The van der Waals surface area contributed by atoms with Crippen molar-refractivity contribution in [2.24, 2.45) is 4.40 Å². The highest BCUT2D eigenvalue weighted by Gasteiger charge is 2.25. The van der Waals surface area contributed by atoms with Gasteiger partial charge in [-0.25, -0.2) is 17.8 Å². The number of hydrogen-bond acceptors (Lipinski definition) is 6. The molecule has 1 atom stereocenters. The summed E-state index contributed by atoms with van der Waals surface area (Å²) in [5, 5.41) is 0.503. The summed E-state index contributed by atoms with van der Waals surface area (Å²) in [7, 11) is -3.50. The SMILES string of the molecule is CC(C)(C)[S@@+]([O-])N=CCc1nc2ccc(F)cc2cc1-c1cccc(S(C)(=O)=O)n1. The van der Waals surface area contributed by atoms with E-state index in [1.165, 1.54) is 24.4 Å². The van der Waals surface area contributed by atoms with Crippen LogP contribution in [-0.4, -0.2) is 40.2 Å². The summed E-state index contributed by atoms with van der Waals surface area (Å²) in [4.78, 5) is 8.86. The molecular weight excluding hydrogens is 425 g/mol. The van der Waals surface area contributed by atoms with Gasteiger partial charge < -0.3 is 4.55 Å². The Balaban J connectivity index is 2.11. The minimum absolute atomic E-state index is 0.0622. The molecule has 3 rings (SSSR count). The Labute approximate surface area is 178 Å². The molecule has 0 aliphatic heterocycles. The second-order valence-electron chi connectivity index (χ2n) is 7.81. The van der Waals surface area contributed by atoms with Crippen molar-refractivity contribution in [1.82, 2.24) is 9.97 Å². The topological polar surface area (TPSA) is 95.3 Å². The van der Waals surface area contributed by atoms with Crippen molar-refractivity contribution in [3.8, 4) is 11.3 Å². The van der Waals surface area contributed by atoms with Crippen molar-refractivity contribution in [2.75, 3.05) is 6.26 Å². The van der Waals surface area contributed by atoms with E-state index in [-0.39, 0.29) is 11.4 Å². The van der Waals surface area contributed by atoms with Crippen LogP contribution in [0.5, 0.6) is 0 Å². The largest absolute Gasteiger partial charge is 0.591 e. The van der Waals surface area contributed by atoms with Crippen molar-refractivity contribution in [3.05, 3.63) is 54.0 Å². The van der Waals surface area contributed by atoms with Gasteiger partial charge in [0.05, 0.1) is 23.1 Å². The van der Waals surface area contributed by atoms with Crippen molar-refractivity contribution in [3.63, 3.8) is 0 Å². The van der Waals surface area contributed by atoms with Crippen molar-refractivity contribution in [2.45, 2.75) is 37.0 Å². The van der Waals surface area contributed by atoms with E-state index < -0.39 is 31.8 Å². The summed E-state index contributed by atoms with van der Waals surface area (Å²) < 4.78 is 53.4. The van der Waals surface area contributed by atoms with Crippen molar-refractivity contribution < 1.29 is 17.4 Å². The van der Waals surface area contributed by atoms with Crippen LogP contribution in [0.4, 0.5) is 4.39 Å². The molecule has 0 saturated heterocycles. The molecule has 2 heterocycles. The van der Waals surface area contributed by atoms with Crippen LogP contribution in [0, 0.1) is 5.82 Å². The van der Waals surface area contributed by atoms with Gasteiger partial charge in [0.2, 0.25) is 0 Å². The normalized spacial score (nSPS) is 13.8. The van der Waals surface area contributed by atoms with E-state index in [0.29, 0.717) is 27.9 Å². The van der Waals surface area contributed by atoms with E-state index in [1.54, 1.807) is 24.3 Å². The zero-order chi connectivity index (χ0) is 22.1. The first-order valence-electron chi connectivity index (χ1n) is 9.16. The number of sulfone groups is 1. The number of benzene rings is 1. The highest BCUT2D eigenvalue weighted by atomic mass is 32.2. The lowest BCUT2D eigenvalue weighted by atomic mass is 10.0. The number of rotatable bonds is 5. The van der Waals surface area contributed by atoms with Gasteiger partial charge in [-0.1, -0.05) is 10.5 Å². The van der Waals surface area contributed by atoms with Gasteiger partial charge in [0, 0.05) is 23.6 Å². The quantitative estimate of drug-likeness (QED) is 0.436. The summed E-state index contributed by atoms with van der Waals surface area (Å²) in [6.07, 6.45) is 2.88. The number of aromatic nitrogens is 2. The van der Waals surface area contributed by atoms with Crippen LogP contribution in [-0.2, 0) is 27.6 Å². The molecule has 0 aliphatic carbocycles. The molecule has 0 spiro atoms. The monoisotopic (exact) mass is 447 g/mol. The molecule has 158 valence electrons. The zero-order valence-corrected chi connectivity index (χ0v) is 18.7. The second-order valence-corrected chi connectivity index (χ2v) is 11.7. The molecule has 3 aromatic rings. The van der Waals surface area contributed by atoms with Gasteiger partial charge in [0.15, 0.2) is 14.9 Å². The van der Waals surface area contributed by atoms with Gasteiger partial charge in [-0.2, -0.15) is 0 Å². The number of hydrogen-bond donors (Lipinski definition) is 0. The molecule has 2 aromatic heterocycles. The fraction of sp³-hybridized carbons (Fsp3) is 0.286. The molecule has 0 unspecified atom stereocenters. The predicted octanol–water partition coefficient (Wildman–Crippen LogP) is 3.91. The minimum atomic E-state index is -3.50. The minimum Gasteiger partial charge on any atom is -0.591 e. The van der Waals surface area contributed by atoms with E-state index >= 15 is 0 Å². The number of fused-ring (bicyclic) bond motifs is 1. The van der Waals surface area contributed by atoms with Crippen LogP contribution in [0.15, 0.2) is 51.9 Å². The van der Waals surface area contributed by atoms with E-state index in [9.17, 15) is 17.4 Å². The second kappa shape index (κ2) is 8.41. The summed E-state index contributed by atoms with van der Waals surface area (Å²) in [6.45, 7) is 5.49. The maximum atomic E-state index is 13.7. The molecule has 0 saturated carbocycles. The molecule has 1 aromatic carbocycles. The number of halogens is 1. The lowest BCUT2D eigenvalue weighted by Crippen LogP contribution is -2.25. The van der Waals surface area contributed by atoms with Gasteiger partial charge in [-0.15, -0.1) is 0 Å². The standard InChI is InChI=1S/C21H22FN3O3S2/c1-21(2,3)29(26)23-11-10-19-16(13-14-12-15(22)8-9-17(14)24-19)18-6-5-7-20(25-18)30(4,27)28/h5-9,11-13H,10H2,1-4H3/t29-/m1/s1. The average Bonchev–Trinajstić information content (AvgIpc) is 2.66. The molecule has 6 nitrogen and oxygen atoms in total. The maximum absolute atomic E-state index is 13.7. The predicted molar refractivity (Wildman–Crippen MR) is 118 cm³/mol. The Hall–Kier alpha value is -2.36. The third-order valence-corrected chi connectivity index (χ3v) is 6.59. The van der Waals surface area contributed by atoms with Crippen LogP contribution in [0.25, 0.3) is 22.2 Å². The number of nitrogens with zero attached hydrogens (tertiary/aromatic N) is 3. The van der Waals surface area contributed by atoms with Crippen LogP contribution >= 0.6 is 0 Å². The average molecular weight is 448 g/mol. The molecule has 0 amide bonds. The Bertz CT molecular complexity index is 1220. The van der Waals surface area contributed by atoms with Crippen LogP contribution in [0.1, 0.15) is 26.5 Å². The Kier molecular flexibility index (Phi) is 6.26. The molecule has 0 bridgehead atoms. The molecule has 0 N–H and O–H groups in total. The van der Waals surface area contributed by atoms with Gasteiger partial charge in [0.1, 0.15) is 21.9 Å².